The number of aromatic nitrogens is 1. The summed E-state index contributed by atoms with van der Waals surface area (Å²) in [6, 6.07) is 21.6. The predicted octanol–water partition coefficient (Wildman–Crippen LogP) is 5.56. The van der Waals surface area contributed by atoms with Gasteiger partial charge in [-0.1, -0.05) is 61.7 Å². The zero-order valence-corrected chi connectivity index (χ0v) is 20.8. The molecule has 1 fully saturated rings. The van der Waals surface area contributed by atoms with Gasteiger partial charge in [0.05, 0.1) is 5.56 Å². The monoisotopic (exact) mass is 485 g/mol. The van der Waals surface area contributed by atoms with Crippen LogP contribution in [0, 0.1) is 5.92 Å². The van der Waals surface area contributed by atoms with Crippen LogP contribution < -0.4 is 10.5 Å². The Morgan fingerprint density at radius 3 is 2.31 bits per heavy atom. The molecule has 1 heterocycles. The Morgan fingerprint density at radius 2 is 1.64 bits per heavy atom. The van der Waals surface area contributed by atoms with E-state index in [2.05, 4.69) is 46.3 Å². The van der Waals surface area contributed by atoms with E-state index in [1.54, 1.807) is 12.1 Å². The number of Topliss-reactive ketones (excluding diaryl/α,β-unsaturated/α-hetero) is 1. The summed E-state index contributed by atoms with van der Waals surface area (Å²) < 4.78 is 5.78. The quantitative estimate of drug-likeness (QED) is 0.363. The number of primary amides is 1. The third-order valence-corrected chi connectivity index (χ3v) is 6.87. The highest BCUT2D eigenvalue weighted by molar-refractivity contribution is 5.92. The summed E-state index contributed by atoms with van der Waals surface area (Å²) >= 11 is 0. The van der Waals surface area contributed by atoms with E-state index in [0.717, 1.165) is 38.9 Å². The van der Waals surface area contributed by atoms with Gasteiger partial charge in [0.15, 0.2) is 0 Å². The summed E-state index contributed by atoms with van der Waals surface area (Å²) in [4.78, 5) is 30.5. The molecule has 3 aromatic rings. The SMILES string of the molecule is NC(=O)c1ccc(Oc2ccc(CCN(CCC(=O)C3CCCCC3)Cc3ccccc3)cc2)nc1. The number of pyridine rings is 1. The zero-order valence-electron chi connectivity index (χ0n) is 20.8. The summed E-state index contributed by atoms with van der Waals surface area (Å²) in [6.07, 6.45) is 8.71. The Bertz CT molecular complexity index is 1110. The van der Waals surface area contributed by atoms with Crippen molar-refractivity contribution in [3.63, 3.8) is 0 Å². The standard InChI is InChI=1S/C30H35N3O3/c31-30(35)26-13-16-29(32-21-26)36-27-14-11-23(12-15-27)17-19-33(22-24-7-3-1-4-8-24)20-18-28(34)25-9-5-2-6-10-25/h1,3-4,7-8,11-16,21,25H,2,5-6,9-10,17-20,22H2,(H2,31,35). The molecule has 188 valence electrons. The summed E-state index contributed by atoms with van der Waals surface area (Å²) in [5.41, 5.74) is 8.07. The number of amides is 1. The van der Waals surface area contributed by atoms with Gasteiger partial charge in [-0.05, 0) is 48.6 Å². The number of nitrogens with two attached hydrogens (primary N) is 1. The molecule has 0 radical (unpaired) electrons. The fraction of sp³-hybridized carbons (Fsp3) is 0.367. The van der Waals surface area contributed by atoms with E-state index in [1.807, 2.05) is 18.2 Å². The molecule has 6 heteroatoms. The Hall–Kier alpha value is -3.51. The van der Waals surface area contributed by atoms with Gasteiger partial charge < -0.3 is 10.5 Å². The van der Waals surface area contributed by atoms with Crippen LogP contribution in [0.1, 0.15) is 60.0 Å². The van der Waals surface area contributed by atoms with Gasteiger partial charge in [0.1, 0.15) is 11.5 Å². The molecule has 1 aromatic heterocycles. The third-order valence-electron chi connectivity index (χ3n) is 6.87. The number of carbonyl (C=O) groups excluding carboxylic acids is 2. The minimum atomic E-state index is -0.516. The molecule has 6 nitrogen and oxygen atoms in total. The average molecular weight is 486 g/mol. The number of hydrogen-bond acceptors (Lipinski definition) is 5. The molecule has 36 heavy (non-hydrogen) atoms. The molecule has 0 unspecified atom stereocenters. The number of rotatable bonds is 12. The van der Waals surface area contributed by atoms with Crippen molar-refractivity contribution in [2.75, 3.05) is 13.1 Å². The lowest BCUT2D eigenvalue weighted by molar-refractivity contribution is -0.124. The second-order valence-corrected chi connectivity index (χ2v) is 9.56. The lowest BCUT2D eigenvalue weighted by atomic mass is 9.85. The first-order valence-corrected chi connectivity index (χ1v) is 12.9. The smallest absolute Gasteiger partial charge is 0.250 e. The zero-order chi connectivity index (χ0) is 25.2. The molecule has 1 amide bonds. The van der Waals surface area contributed by atoms with Crippen LogP contribution in [0.3, 0.4) is 0 Å². The lowest BCUT2D eigenvalue weighted by Crippen LogP contribution is -2.30. The van der Waals surface area contributed by atoms with Gasteiger partial charge in [0.25, 0.3) is 0 Å². The minimum absolute atomic E-state index is 0.270. The Morgan fingerprint density at radius 1 is 0.889 bits per heavy atom. The van der Waals surface area contributed by atoms with Crippen LogP contribution in [-0.2, 0) is 17.8 Å². The summed E-state index contributed by atoms with van der Waals surface area (Å²) in [5, 5.41) is 0. The first-order chi connectivity index (χ1) is 17.6. The summed E-state index contributed by atoms with van der Waals surface area (Å²) in [5.74, 6) is 1.28. The Balaban J connectivity index is 1.32. The second-order valence-electron chi connectivity index (χ2n) is 9.56. The van der Waals surface area contributed by atoms with E-state index < -0.39 is 5.91 Å². The van der Waals surface area contributed by atoms with Gasteiger partial charge in [-0.2, -0.15) is 0 Å². The molecule has 0 bridgehead atoms. The molecular weight excluding hydrogens is 450 g/mol. The maximum Gasteiger partial charge on any atom is 0.250 e. The second kappa shape index (κ2) is 13.0. The molecule has 0 saturated heterocycles. The maximum absolute atomic E-state index is 12.8. The predicted molar refractivity (Wildman–Crippen MR) is 141 cm³/mol. The molecule has 1 aliphatic rings. The van der Waals surface area contributed by atoms with Gasteiger partial charge in [-0.3, -0.25) is 14.5 Å². The fourth-order valence-corrected chi connectivity index (χ4v) is 4.73. The first-order valence-electron chi connectivity index (χ1n) is 12.9. The van der Waals surface area contributed by atoms with Crippen LogP contribution in [0.15, 0.2) is 72.9 Å². The molecule has 0 spiro atoms. The number of hydrogen-bond donors (Lipinski definition) is 1. The Kier molecular flexibility index (Phi) is 9.22. The van der Waals surface area contributed by atoms with Gasteiger partial charge >= 0.3 is 0 Å². The summed E-state index contributed by atoms with van der Waals surface area (Å²) in [6.45, 7) is 2.51. The van der Waals surface area contributed by atoms with Gasteiger partial charge in [0.2, 0.25) is 11.8 Å². The van der Waals surface area contributed by atoms with Gasteiger partial charge in [-0.15, -0.1) is 0 Å². The molecule has 4 rings (SSSR count). The molecule has 0 aliphatic heterocycles. The van der Waals surface area contributed by atoms with Crippen LogP contribution in [0.25, 0.3) is 0 Å². The van der Waals surface area contributed by atoms with Crippen molar-refractivity contribution in [1.29, 1.82) is 0 Å². The van der Waals surface area contributed by atoms with Crippen LogP contribution in [0.5, 0.6) is 11.6 Å². The largest absolute Gasteiger partial charge is 0.439 e. The Labute approximate surface area is 213 Å². The number of nitrogens with zero attached hydrogens (tertiary/aromatic N) is 2. The molecule has 1 aliphatic carbocycles. The van der Waals surface area contributed by atoms with E-state index in [-0.39, 0.29) is 5.92 Å². The van der Waals surface area contributed by atoms with E-state index >= 15 is 0 Å². The van der Waals surface area contributed by atoms with E-state index in [4.69, 9.17) is 10.5 Å². The van der Waals surface area contributed by atoms with E-state index in [1.165, 1.54) is 36.6 Å². The normalized spacial score (nSPS) is 14.0. The summed E-state index contributed by atoms with van der Waals surface area (Å²) in [7, 11) is 0. The maximum atomic E-state index is 12.8. The molecule has 2 aromatic carbocycles. The van der Waals surface area contributed by atoms with Crippen molar-refractivity contribution in [2.24, 2.45) is 11.7 Å². The van der Waals surface area contributed by atoms with Crippen molar-refractivity contribution in [1.82, 2.24) is 9.88 Å². The van der Waals surface area contributed by atoms with Crippen molar-refractivity contribution in [3.8, 4) is 11.6 Å². The number of ether oxygens (including phenoxy) is 1. The van der Waals surface area contributed by atoms with Crippen molar-refractivity contribution < 1.29 is 14.3 Å². The molecular formula is C30H35N3O3. The number of ketones is 1. The molecule has 2 N–H and O–H groups in total. The first kappa shape index (κ1) is 25.6. The van der Waals surface area contributed by atoms with Gasteiger partial charge in [0, 0.05) is 44.2 Å². The van der Waals surface area contributed by atoms with Gasteiger partial charge in [-0.25, -0.2) is 4.98 Å². The average Bonchev–Trinajstić information content (AvgIpc) is 2.92. The highest BCUT2D eigenvalue weighted by Crippen LogP contribution is 2.25. The molecule has 0 atom stereocenters. The number of carbonyl (C=O) groups is 2. The van der Waals surface area contributed by atoms with Crippen molar-refractivity contribution >= 4 is 11.7 Å². The van der Waals surface area contributed by atoms with E-state index in [0.29, 0.717) is 29.4 Å². The van der Waals surface area contributed by atoms with Crippen LogP contribution >= 0.6 is 0 Å². The van der Waals surface area contributed by atoms with E-state index in [9.17, 15) is 9.59 Å². The topological polar surface area (TPSA) is 85.5 Å². The van der Waals surface area contributed by atoms with Crippen molar-refractivity contribution in [2.45, 2.75) is 51.5 Å². The highest BCUT2D eigenvalue weighted by atomic mass is 16.5. The van der Waals surface area contributed by atoms with Crippen molar-refractivity contribution in [3.05, 3.63) is 89.6 Å². The lowest BCUT2D eigenvalue weighted by Gasteiger charge is -2.25. The minimum Gasteiger partial charge on any atom is -0.439 e. The number of benzene rings is 2. The molecule has 1 saturated carbocycles. The van der Waals surface area contributed by atoms with Crippen LogP contribution in [0.2, 0.25) is 0 Å². The van der Waals surface area contributed by atoms with Crippen LogP contribution in [-0.4, -0.2) is 34.7 Å². The van der Waals surface area contributed by atoms with Crippen LogP contribution in [0.4, 0.5) is 0 Å². The highest BCUT2D eigenvalue weighted by Gasteiger charge is 2.21. The fourth-order valence-electron chi connectivity index (χ4n) is 4.73. The third kappa shape index (κ3) is 7.75.